The number of benzene rings is 3. The summed E-state index contributed by atoms with van der Waals surface area (Å²) < 4.78 is 4.99. The van der Waals surface area contributed by atoms with Crippen LogP contribution in [0.5, 0.6) is 0 Å². The van der Waals surface area contributed by atoms with E-state index in [9.17, 15) is 0 Å². The van der Waals surface area contributed by atoms with Crippen LogP contribution in [0.25, 0.3) is 39.3 Å². The molecule has 2 unspecified atom stereocenters. The van der Waals surface area contributed by atoms with E-state index in [1.54, 1.807) is 0 Å². The molecule has 0 radical (unpaired) electrons. The summed E-state index contributed by atoms with van der Waals surface area (Å²) in [5, 5.41) is 0. The Balaban J connectivity index is 1.51. The maximum atomic E-state index is 4.97. The van der Waals surface area contributed by atoms with Gasteiger partial charge in [-0.05, 0) is 76.8 Å². The highest BCUT2D eigenvalue weighted by Gasteiger charge is 2.47. The minimum absolute atomic E-state index is 0.0124. The zero-order chi connectivity index (χ0) is 30.8. The molecule has 0 spiro atoms. The lowest BCUT2D eigenvalue weighted by molar-refractivity contribution is -0.727. The molecule has 2 nitrogen and oxygen atoms in total. The SMILES string of the molecule is C=C1C2C(CCc3ccc(-c4ccccc4)cc3-c3ccc(C(C)(C)C)c[n+]31)c1ccccc1-c1ccc(C(C)(C)C)c[n+]12. The molecule has 0 fully saturated rings. The summed E-state index contributed by atoms with van der Waals surface area (Å²) in [5.41, 5.74) is 14.3. The van der Waals surface area contributed by atoms with Gasteiger partial charge in [0.15, 0.2) is 12.4 Å². The third-order valence-corrected chi connectivity index (χ3v) is 9.84. The highest BCUT2D eigenvalue weighted by Crippen LogP contribution is 2.45. The van der Waals surface area contributed by atoms with Gasteiger partial charge in [-0.2, -0.15) is 9.13 Å². The molecule has 3 aromatic carbocycles. The number of nitrogens with zero attached hydrogens (tertiary/aromatic N) is 2. The molecule has 220 valence electrons. The van der Waals surface area contributed by atoms with Crippen molar-refractivity contribution in [2.45, 2.75) is 77.2 Å². The number of rotatable bonds is 1. The standard InChI is InChI=1S/C42H44N2/c1-28-40-36(34-15-11-12-16-35(34)38-23-20-33(27-44(38)40)42(5,6)7)22-19-30-17-18-31(29-13-9-8-10-14-29)25-37(30)39-24-21-32(26-43(28)39)41(2,3)4/h8-18,20-21,23-27,36,40H,1,19,22H2,2-7H3/q+2. The minimum atomic E-state index is 0.0124. The van der Waals surface area contributed by atoms with Crippen LogP contribution >= 0.6 is 0 Å². The first-order valence-corrected chi connectivity index (χ1v) is 16.1. The van der Waals surface area contributed by atoms with Crippen LogP contribution in [0, 0.1) is 0 Å². The lowest BCUT2D eigenvalue weighted by atomic mass is 9.78. The Morgan fingerprint density at radius 2 is 1.30 bits per heavy atom. The first kappa shape index (κ1) is 28.5. The fourth-order valence-corrected chi connectivity index (χ4v) is 7.24. The van der Waals surface area contributed by atoms with Gasteiger partial charge >= 0.3 is 0 Å². The van der Waals surface area contributed by atoms with Gasteiger partial charge in [0.05, 0.1) is 11.5 Å². The molecule has 0 bridgehead atoms. The maximum Gasteiger partial charge on any atom is 0.249 e. The quantitative estimate of drug-likeness (QED) is 0.176. The van der Waals surface area contributed by atoms with Gasteiger partial charge in [-0.3, -0.25) is 0 Å². The lowest BCUT2D eigenvalue weighted by Gasteiger charge is -2.30. The smallest absolute Gasteiger partial charge is 0.184 e. The molecule has 0 saturated carbocycles. The summed E-state index contributed by atoms with van der Waals surface area (Å²) in [7, 11) is 0. The van der Waals surface area contributed by atoms with E-state index < -0.39 is 0 Å². The normalized spacial score (nSPS) is 17.6. The van der Waals surface area contributed by atoms with Crippen molar-refractivity contribution in [3.05, 3.63) is 138 Å². The van der Waals surface area contributed by atoms with E-state index in [1.807, 2.05) is 0 Å². The van der Waals surface area contributed by atoms with Crippen LogP contribution in [0.1, 0.15) is 82.2 Å². The van der Waals surface area contributed by atoms with Crippen LogP contribution in [-0.4, -0.2) is 0 Å². The number of allylic oxidation sites excluding steroid dienone is 1. The Morgan fingerprint density at radius 1 is 0.636 bits per heavy atom. The molecule has 0 aliphatic carbocycles. The van der Waals surface area contributed by atoms with Crippen molar-refractivity contribution in [3.8, 4) is 33.6 Å². The zero-order valence-electron chi connectivity index (χ0n) is 27.1. The number of pyridine rings is 2. The van der Waals surface area contributed by atoms with E-state index in [4.69, 9.17) is 6.58 Å². The van der Waals surface area contributed by atoms with E-state index in [0.717, 1.165) is 18.5 Å². The van der Waals surface area contributed by atoms with Crippen molar-refractivity contribution in [1.82, 2.24) is 0 Å². The zero-order valence-corrected chi connectivity index (χ0v) is 27.1. The van der Waals surface area contributed by atoms with Crippen LogP contribution in [0.15, 0.2) is 116 Å². The number of aromatic nitrogens is 2. The molecule has 2 heteroatoms. The summed E-state index contributed by atoms with van der Waals surface area (Å²) in [6.07, 6.45) is 6.84. The third kappa shape index (κ3) is 4.81. The van der Waals surface area contributed by atoms with Crippen LogP contribution in [0.3, 0.4) is 0 Å². The van der Waals surface area contributed by atoms with Gasteiger partial charge < -0.3 is 0 Å². The van der Waals surface area contributed by atoms with Crippen LogP contribution in [-0.2, 0) is 17.3 Å². The van der Waals surface area contributed by atoms with Gasteiger partial charge in [0.25, 0.3) is 0 Å². The van der Waals surface area contributed by atoms with Crippen molar-refractivity contribution in [1.29, 1.82) is 0 Å². The van der Waals surface area contributed by atoms with Crippen molar-refractivity contribution < 1.29 is 9.13 Å². The summed E-state index contributed by atoms with van der Waals surface area (Å²) in [4.78, 5) is 0. The van der Waals surface area contributed by atoms with Gasteiger partial charge in [-0.15, -0.1) is 0 Å². The van der Waals surface area contributed by atoms with Crippen LogP contribution in [0.4, 0.5) is 0 Å². The molecule has 0 amide bonds. The summed E-state index contributed by atoms with van der Waals surface area (Å²) in [6.45, 7) is 18.8. The molecule has 2 atom stereocenters. The second kappa shape index (κ2) is 10.4. The number of fused-ring (bicyclic) bond motifs is 9. The molecule has 7 rings (SSSR count). The molecule has 5 aromatic rings. The monoisotopic (exact) mass is 576 g/mol. The number of hydrogen-bond donors (Lipinski definition) is 0. The Hall–Kier alpha value is -4.30. The fraction of sp³-hybridized carbons (Fsp3) is 0.286. The van der Waals surface area contributed by atoms with Gasteiger partial charge in [0, 0.05) is 28.8 Å². The Labute approximate surface area is 263 Å². The van der Waals surface area contributed by atoms with Crippen LogP contribution < -0.4 is 9.13 Å². The van der Waals surface area contributed by atoms with Gasteiger partial charge in [-0.1, -0.05) is 102 Å². The van der Waals surface area contributed by atoms with Crippen molar-refractivity contribution >= 4 is 5.70 Å². The predicted molar refractivity (Wildman–Crippen MR) is 182 cm³/mol. The van der Waals surface area contributed by atoms with Gasteiger partial charge in [0.1, 0.15) is 0 Å². The number of aryl methyl sites for hydroxylation is 1. The molecule has 2 aliphatic heterocycles. The van der Waals surface area contributed by atoms with E-state index >= 15 is 0 Å². The number of hydrogen-bond acceptors (Lipinski definition) is 0. The molecular weight excluding hydrogens is 532 g/mol. The third-order valence-electron chi connectivity index (χ3n) is 9.84. The molecular formula is C42H44N2+2. The highest BCUT2D eigenvalue weighted by atomic mass is 15.1. The summed E-state index contributed by atoms with van der Waals surface area (Å²) >= 11 is 0. The minimum Gasteiger partial charge on any atom is -0.184 e. The van der Waals surface area contributed by atoms with Gasteiger partial charge in [0.2, 0.25) is 23.1 Å². The van der Waals surface area contributed by atoms with Crippen molar-refractivity contribution in [2.75, 3.05) is 0 Å². The van der Waals surface area contributed by atoms with E-state index in [2.05, 4.69) is 160 Å². The molecule has 44 heavy (non-hydrogen) atoms. The maximum absolute atomic E-state index is 4.97. The molecule has 2 aromatic heterocycles. The molecule has 0 saturated heterocycles. The molecule has 4 heterocycles. The van der Waals surface area contributed by atoms with Crippen molar-refractivity contribution in [3.63, 3.8) is 0 Å². The fourth-order valence-electron chi connectivity index (χ4n) is 7.24. The first-order valence-electron chi connectivity index (χ1n) is 16.1. The second-order valence-corrected chi connectivity index (χ2v) is 14.8. The molecule has 0 N–H and O–H groups in total. The van der Waals surface area contributed by atoms with E-state index in [0.29, 0.717) is 5.92 Å². The second-order valence-electron chi connectivity index (χ2n) is 14.8. The van der Waals surface area contributed by atoms with E-state index in [-0.39, 0.29) is 16.9 Å². The average molecular weight is 577 g/mol. The topological polar surface area (TPSA) is 7.76 Å². The Bertz CT molecular complexity index is 1900. The lowest BCUT2D eigenvalue weighted by Crippen LogP contribution is -2.54. The van der Waals surface area contributed by atoms with Gasteiger partial charge in [-0.25, -0.2) is 0 Å². The van der Waals surface area contributed by atoms with Crippen molar-refractivity contribution in [2.24, 2.45) is 0 Å². The average Bonchev–Trinajstić information content (AvgIpc) is 3.06. The molecule has 2 aliphatic rings. The van der Waals surface area contributed by atoms with E-state index in [1.165, 1.54) is 55.9 Å². The predicted octanol–water partition coefficient (Wildman–Crippen LogP) is 9.61. The highest BCUT2D eigenvalue weighted by molar-refractivity contribution is 5.74. The Morgan fingerprint density at radius 3 is 2.02 bits per heavy atom. The largest absolute Gasteiger partial charge is 0.249 e. The first-order chi connectivity index (χ1) is 21.0. The summed E-state index contributed by atoms with van der Waals surface area (Å²) in [5.74, 6) is 0.296. The van der Waals surface area contributed by atoms with Crippen LogP contribution in [0.2, 0.25) is 0 Å². The Kier molecular flexibility index (Phi) is 6.73. The summed E-state index contributed by atoms with van der Waals surface area (Å²) in [6, 6.07) is 36.3.